The van der Waals surface area contributed by atoms with Gasteiger partial charge in [-0.1, -0.05) is 24.3 Å². The van der Waals surface area contributed by atoms with Gasteiger partial charge in [-0.05, 0) is 52.4 Å². The molecule has 0 heterocycles. The maximum absolute atomic E-state index is 13.5. The number of halogens is 2. The lowest BCUT2D eigenvalue weighted by atomic mass is 10.2. The molecule has 0 unspecified atom stereocenters. The van der Waals surface area contributed by atoms with Crippen molar-refractivity contribution in [3.8, 4) is 0 Å². The second kappa shape index (κ2) is 5.98. The average molecular weight is 391 g/mol. The first-order valence-corrected chi connectivity index (χ1v) is 8.04. The molecule has 0 aromatic heterocycles. The Morgan fingerprint density at radius 2 is 1.84 bits per heavy atom. The van der Waals surface area contributed by atoms with Gasteiger partial charge in [0.1, 0.15) is 10.7 Å². The molecule has 3 nitrogen and oxygen atoms in total. The summed E-state index contributed by atoms with van der Waals surface area (Å²) in [6.07, 6.45) is 0. The number of nitrogens with one attached hydrogen (secondary N) is 1. The summed E-state index contributed by atoms with van der Waals surface area (Å²) in [5, 5.41) is 0. The summed E-state index contributed by atoms with van der Waals surface area (Å²) in [6, 6.07) is 12.7. The fourth-order valence-electron chi connectivity index (χ4n) is 1.57. The van der Waals surface area contributed by atoms with Crippen molar-refractivity contribution in [2.75, 3.05) is 0 Å². The van der Waals surface area contributed by atoms with Gasteiger partial charge in [0.05, 0.1) is 0 Å². The van der Waals surface area contributed by atoms with Crippen molar-refractivity contribution >= 4 is 32.6 Å². The van der Waals surface area contributed by atoms with Crippen LogP contribution >= 0.6 is 22.6 Å². The second-order valence-corrected chi connectivity index (χ2v) is 6.87. The fraction of sp³-hybridized carbons (Fsp3) is 0.0769. The Morgan fingerprint density at radius 3 is 2.53 bits per heavy atom. The summed E-state index contributed by atoms with van der Waals surface area (Å²) in [4.78, 5) is -0.333. The Morgan fingerprint density at radius 1 is 1.11 bits per heavy atom. The molecule has 0 fully saturated rings. The van der Waals surface area contributed by atoms with E-state index in [1.807, 2.05) is 24.3 Å². The molecule has 2 aromatic rings. The van der Waals surface area contributed by atoms with Crippen LogP contribution in [0.2, 0.25) is 0 Å². The molecule has 0 saturated heterocycles. The molecule has 2 rings (SSSR count). The summed E-state index contributed by atoms with van der Waals surface area (Å²) in [7, 11) is -3.83. The SMILES string of the molecule is O=S(=O)(NCc1cccc(I)c1)c1ccccc1F. The van der Waals surface area contributed by atoms with Gasteiger partial charge in [0, 0.05) is 10.1 Å². The highest BCUT2D eigenvalue weighted by molar-refractivity contribution is 14.1. The second-order valence-electron chi connectivity index (χ2n) is 3.88. The average Bonchev–Trinajstić information content (AvgIpc) is 2.37. The monoisotopic (exact) mass is 391 g/mol. The zero-order chi connectivity index (χ0) is 13.9. The molecule has 1 N–H and O–H groups in total. The molecular formula is C13H11FINO2S. The Kier molecular flexibility index (Phi) is 4.54. The first kappa shape index (κ1) is 14.4. The van der Waals surface area contributed by atoms with E-state index in [2.05, 4.69) is 27.3 Å². The molecule has 2 aromatic carbocycles. The molecule has 0 aliphatic carbocycles. The van der Waals surface area contributed by atoms with Crippen molar-refractivity contribution in [3.63, 3.8) is 0 Å². The number of hydrogen-bond acceptors (Lipinski definition) is 2. The number of hydrogen-bond donors (Lipinski definition) is 1. The van der Waals surface area contributed by atoms with Crippen molar-refractivity contribution in [1.29, 1.82) is 0 Å². The van der Waals surface area contributed by atoms with Gasteiger partial charge in [-0.15, -0.1) is 0 Å². The van der Waals surface area contributed by atoms with E-state index in [0.29, 0.717) is 0 Å². The van der Waals surface area contributed by atoms with E-state index in [4.69, 9.17) is 0 Å². The van der Waals surface area contributed by atoms with Crippen LogP contribution in [0.5, 0.6) is 0 Å². The van der Waals surface area contributed by atoms with Gasteiger partial charge in [-0.2, -0.15) is 0 Å². The lowest BCUT2D eigenvalue weighted by Crippen LogP contribution is -2.24. The van der Waals surface area contributed by atoms with Crippen LogP contribution in [0.3, 0.4) is 0 Å². The van der Waals surface area contributed by atoms with Crippen molar-refractivity contribution in [1.82, 2.24) is 4.72 Å². The van der Waals surface area contributed by atoms with Crippen molar-refractivity contribution in [2.24, 2.45) is 0 Å². The van der Waals surface area contributed by atoms with Crippen LogP contribution in [0, 0.1) is 9.39 Å². The van der Waals surface area contributed by atoms with Crippen LogP contribution in [0.25, 0.3) is 0 Å². The van der Waals surface area contributed by atoms with Crippen molar-refractivity contribution in [3.05, 3.63) is 63.5 Å². The molecule has 0 spiro atoms. The van der Waals surface area contributed by atoms with Gasteiger partial charge in [0.25, 0.3) is 0 Å². The number of rotatable bonds is 4. The third-order valence-electron chi connectivity index (χ3n) is 2.48. The zero-order valence-electron chi connectivity index (χ0n) is 9.81. The Hall–Kier alpha value is -0.990. The van der Waals surface area contributed by atoms with Gasteiger partial charge in [0.15, 0.2) is 0 Å². The third-order valence-corrected chi connectivity index (χ3v) is 4.59. The van der Waals surface area contributed by atoms with Crippen LogP contribution in [0.15, 0.2) is 53.4 Å². The molecular weight excluding hydrogens is 380 g/mol. The molecule has 0 aliphatic heterocycles. The maximum Gasteiger partial charge on any atom is 0.243 e. The summed E-state index contributed by atoms with van der Waals surface area (Å²) in [6.45, 7) is 0.132. The first-order valence-electron chi connectivity index (χ1n) is 5.48. The van der Waals surface area contributed by atoms with Gasteiger partial charge < -0.3 is 0 Å². The summed E-state index contributed by atoms with van der Waals surface area (Å²) in [5.41, 5.74) is 0.826. The lowest BCUT2D eigenvalue weighted by Gasteiger charge is -2.07. The summed E-state index contributed by atoms with van der Waals surface area (Å²) < 4.78 is 40.8. The minimum absolute atomic E-state index is 0.132. The lowest BCUT2D eigenvalue weighted by molar-refractivity contribution is 0.557. The van der Waals surface area contributed by atoms with Gasteiger partial charge in [0.2, 0.25) is 10.0 Å². The summed E-state index contributed by atoms with van der Waals surface area (Å²) in [5.74, 6) is -0.752. The van der Waals surface area contributed by atoms with E-state index in [0.717, 1.165) is 15.2 Å². The van der Waals surface area contributed by atoms with Crippen LogP contribution in [-0.4, -0.2) is 8.42 Å². The van der Waals surface area contributed by atoms with E-state index in [9.17, 15) is 12.8 Å². The van der Waals surface area contributed by atoms with Crippen LogP contribution < -0.4 is 4.72 Å². The Bertz CT molecular complexity index is 689. The van der Waals surface area contributed by atoms with E-state index < -0.39 is 15.8 Å². The largest absolute Gasteiger partial charge is 0.243 e. The van der Waals surface area contributed by atoms with E-state index >= 15 is 0 Å². The standard InChI is InChI=1S/C13H11FINO2S/c14-12-6-1-2-7-13(12)19(17,18)16-9-10-4-3-5-11(15)8-10/h1-8,16H,9H2. The highest BCUT2D eigenvalue weighted by atomic mass is 127. The molecule has 0 atom stereocenters. The minimum atomic E-state index is -3.83. The zero-order valence-corrected chi connectivity index (χ0v) is 12.8. The van der Waals surface area contributed by atoms with Gasteiger partial charge in [-0.25, -0.2) is 17.5 Å². The molecule has 0 bridgehead atoms. The smallest absolute Gasteiger partial charge is 0.207 e. The molecule has 19 heavy (non-hydrogen) atoms. The topological polar surface area (TPSA) is 46.2 Å². The van der Waals surface area contributed by atoms with Crippen LogP contribution in [-0.2, 0) is 16.6 Å². The molecule has 100 valence electrons. The highest BCUT2D eigenvalue weighted by Crippen LogP contribution is 2.14. The number of benzene rings is 2. The molecule has 0 radical (unpaired) electrons. The normalized spacial score (nSPS) is 11.5. The fourth-order valence-corrected chi connectivity index (χ4v) is 3.27. The first-order chi connectivity index (χ1) is 8.99. The van der Waals surface area contributed by atoms with Crippen LogP contribution in [0.4, 0.5) is 4.39 Å². The molecule has 0 amide bonds. The van der Waals surface area contributed by atoms with E-state index in [1.165, 1.54) is 18.2 Å². The predicted octanol–water partition coefficient (Wildman–Crippen LogP) is 2.91. The summed E-state index contributed by atoms with van der Waals surface area (Å²) >= 11 is 2.15. The van der Waals surface area contributed by atoms with Crippen molar-refractivity contribution < 1.29 is 12.8 Å². The molecule has 0 saturated carbocycles. The number of sulfonamides is 1. The third kappa shape index (κ3) is 3.74. The quantitative estimate of drug-likeness (QED) is 0.815. The predicted molar refractivity (Wildman–Crippen MR) is 79.6 cm³/mol. The Balaban J connectivity index is 2.17. The molecule has 0 aliphatic rings. The minimum Gasteiger partial charge on any atom is -0.207 e. The van der Waals surface area contributed by atoms with Gasteiger partial charge in [-0.3, -0.25) is 0 Å². The van der Waals surface area contributed by atoms with Crippen LogP contribution in [0.1, 0.15) is 5.56 Å². The van der Waals surface area contributed by atoms with Gasteiger partial charge >= 0.3 is 0 Å². The molecule has 6 heteroatoms. The Labute approximate surface area is 125 Å². The van der Waals surface area contributed by atoms with Crippen molar-refractivity contribution in [2.45, 2.75) is 11.4 Å². The maximum atomic E-state index is 13.5. The highest BCUT2D eigenvalue weighted by Gasteiger charge is 2.17. The van der Waals surface area contributed by atoms with E-state index in [1.54, 1.807) is 0 Å². The van der Waals surface area contributed by atoms with E-state index in [-0.39, 0.29) is 11.4 Å².